The van der Waals surface area contributed by atoms with Crippen molar-refractivity contribution in [3.05, 3.63) is 449 Å². The Hall–Kier alpha value is -11.4. The molecular weight excluding hydrogens is 1850 g/mol. The van der Waals surface area contributed by atoms with Gasteiger partial charge < -0.3 is 74.1 Å². The molecule has 2 N–H and O–H groups in total. The molecule has 0 saturated heterocycles. The number of benzene rings is 15. The summed E-state index contributed by atoms with van der Waals surface area (Å²) < 4.78 is 107. The van der Waals surface area contributed by atoms with Gasteiger partial charge in [-0.25, -0.2) is 0 Å². The second kappa shape index (κ2) is 55.8. The first kappa shape index (κ1) is 111. The summed E-state index contributed by atoms with van der Waals surface area (Å²) in [5.41, 5.74) is 21.1. The van der Waals surface area contributed by atoms with Gasteiger partial charge in [-0.3, -0.25) is 0 Å². The molecule has 1 aliphatic carbocycles. The Kier molecular flexibility index (Phi) is 41.4. The van der Waals surface area contributed by atoms with Crippen LogP contribution in [-0.4, -0.2) is 117 Å². The van der Waals surface area contributed by atoms with Gasteiger partial charge in [-0.1, -0.05) is 498 Å². The lowest BCUT2D eigenvalue weighted by molar-refractivity contribution is 0.317. The lowest BCUT2D eigenvalue weighted by atomic mass is 9.60. The van der Waals surface area contributed by atoms with E-state index in [1.807, 2.05) is 231 Å². The molecule has 1 fully saturated rings. The van der Waals surface area contributed by atoms with Gasteiger partial charge in [-0.15, -0.1) is 0 Å². The Labute approximate surface area is 896 Å². The van der Waals surface area contributed by atoms with Crippen molar-refractivity contribution in [3.8, 4) is 0 Å². The molecule has 15 aromatic carbocycles. The largest absolute Gasteiger partial charge is 0.477 e. The van der Waals surface area contributed by atoms with Gasteiger partial charge in [-0.05, 0) is 225 Å². The first-order valence-electron chi connectivity index (χ1n) is 53.9. The van der Waals surface area contributed by atoms with Crippen molar-refractivity contribution < 1.29 is 74.1 Å². The Morgan fingerprint density at radius 1 is 0.213 bits per heavy atom. The monoisotopic (exact) mass is 1980 g/mol. The zero-order chi connectivity index (χ0) is 105. The number of aryl methyl sites for hydroxylation is 8. The van der Waals surface area contributed by atoms with E-state index in [-0.39, 0.29) is 11.8 Å². The van der Waals surface area contributed by atoms with E-state index in [0.29, 0.717) is 71.0 Å². The van der Waals surface area contributed by atoms with E-state index >= 15 is 0 Å². The molecule has 1 aliphatic rings. The van der Waals surface area contributed by atoms with E-state index in [1.54, 1.807) is 0 Å². The molecule has 1 saturated carbocycles. The minimum atomic E-state index is -1.41. The Morgan fingerprint density at radius 2 is 0.413 bits per heavy atom. The SMILES string of the molecule is CCc1ccc(B(O)OB(OB(OB(OB(OB(OB(OB(OB(OB(OB(OB(OB(OB(OB(O)c2ccc(CC)cc2)c2ccccc2)c2ccc(CC)cc2)c2ccccc2C(C)C)c2ccc(CC)cc2)c2ccccc2C(C)(C)C)c2ccc(CC)cc2)c2ccccc2C2CCCCC2)c2ccc(CC)cc2)c2ccccc2)c2ccc(CC)cc2)c2ccccc2)c2ccc(CC)cc2)c2ccccc2)cc1. The normalized spacial score (nSPS) is 12.1. The van der Waals surface area contributed by atoms with Crippen LogP contribution in [-0.2, 0) is 121 Å². The second-order valence-electron chi connectivity index (χ2n) is 39.9. The van der Waals surface area contributed by atoms with Crippen molar-refractivity contribution in [2.45, 2.75) is 191 Å². The van der Waals surface area contributed by atoms with Gasteiger partial charge in [0.2, 0.25) is 0 Å². The van der Waals surface area contributed by atoms with Gasteiger partial charge in [0.1, 0.15) is 0 Å². The molecule has 0 amide bonds. The summed E-state index contributed by atoms with van der Waals surface area (Å²) >= 11 is 0. The predicted octanol–water partition coefficient (Wildman–Crippen LogP) is 14.1. The van der Waals surface area contributed by atoms with Gasteiger partial charge in [0, 0.05) is 0 Å². The third-order valence-corrected chi connectivity index (χ3v) is 28.3. The van der Waals surface area contributed by atoms with Crippen molar-refractivity contribution in [1.29, 1.82) is 0 Å². The van der Waals surface area contributed by atoms with Gasteiger partial charge in [0.25, 0.3) is 0 Å². The van der Waals surface area contributed by atoms with Crippen molar-refractivity contribution in [2.75, 3.05) is 0 Å². The molecule has 16 nitrogen and oxygen atoms in total. The first-order valence-corrected chi connectivity index (χ1v) is 53.9. The minimum Gasteiger partial charge on any atom is -0.445 e. The summed E-state index contributed by atoms with van der Waals surface area (Å²) in [6.45, 7) is 27.9. The first-order chi connectivity index (χ1) is 73.2. The standard InChI is InChI=1S/C119H133B15O16/c1-14-92-59-75-101(76-60-92)120(135)137-122(103-45-29-23-30-46-103)139-126(107-79-63-94(16-3)64-80-107)141-124(105-49-33-25-34-50-105)142-127(108-81-65-95(17-4)66-82-108)143-125(106-51-35-26-36-52-106)144-129(110-85-69-97(19-6)70-86-110)146-133(117-57-41-38-54-114(117)100-43-27-22-28-44-100)148-131(112-89-73-99(21-8)74-90-112)150-134(118-58-42-39-55-115(118)119(11,12)13)149-130(111-87-71-98(20-7)72-88-111)147-132(116-56-40-37-53-113(116)91(9)10)145-128(109-83-67-96(18-5)68-84-109)140-123(104-47-31-24-32-48-104)138-121(136)102-77-61-93(15-2)62-78-102/h23-26,29-42,45-91,100,135-136H,14-22,27-28,43-44H2,1-13H3. The number of hydrogen-bond acceptors (Lipinski definition) is 16. The quantitative estimate of drug-likeness (QED) is 0.0345. The van der Waals surface area contributed by atoms with Crippen molar-refractivity contribution in [3.63, 3.8) is 0 Å². The fraction of sp³-hybridized carbons (Fsp3) is 0.244. The van der Waals surface area contributed by atoms with Crippen LogP contribution in [0.5, 0.6) is 0 Å². The maximum absolute atomic E-state index is 12.3. The summed E-state index contributed by atoms with van der Waals surface area (Å²) in [6.07, 6.45) is 11.4. The Morgan fingerprint density at radius 3 is 0.673 bits per heavy atom. The van der Waals surface area contributed by atoms with E-state index in [9.17, 15) is 10.0 Å². The maximum Gasteiger partial charge on any atom is 0.477 e. The lowest BCUT2D eigenvalue weighted by Gasteiger charge is -2.33. The molecule has 15 aromatic rings. The summed E-state index contributed by atoms with van der Waals surface area (Å²) in [6, 6.07) is 129. The van der Waals surface area contributed by atoms with Crippen LogP contribution in [0.2, 0.25) is 0 Å². The predicted molar refractivity (Wildman–Crippen MR) is 631 cm³/mol. The molecule has 16 rings (SSSR count). The summed E-state index contributed by atoms with van der Waals surface area (Å²) in [4.78, 5) is 0. The lowest BCUT2D eigenvalue weighted by Crippen LogP contribution is -2.61. The molecule has 150 heavy (non-hydrogen) atoms. The third-order valence-electron chi connectivity index (χ3n) is 28.3. The van der Waals surface area contributed by atoms with Crippen molar-refractivity contribution >= 4 is 189 Å². The van der Waals surface area contributed by atoms with Gasteiger partial charge in [0.05, 0.1) is 0 Å². The highest BCUT2D eigenvalue weighted by Gasteiger charge is 2.49. The van der Waals surface area contributed by atoms with Crippen LogP contribution in [0, 0.1) is 0 Å². The van der Waals surface area contributed by atoms with Crippen molar-refractivity contribution in [1.82, 2.24) is 0 Å². The summed E-state index contributed by atoms with van der Waals surface area (Å²) in [5.74, 6) is 0.0803. The molecule has 0 aromatic heterocycles. The Bertz CT molecular complexity index is 6570. The van der Waals surface area contributed by atoms with E-state index in [4.69, 9.17) is 64.0 Å². The number of hydrogen-bond donors (Lipinski definition) is 2. The van der Waals surface area contributed by atoms with E-state index in [1.165, 1.54) is 0 Å². The summed E-state index contributed by atoms with van der Waals surface area (Å²) in [5, 5.41) is 24.4. The van der Waals surface area contributed by atoms with Crippen LogP contribution in [0.25, 0.3) is 0 Å². The molecule has 31 heteroatoms. The van der Waals surface area contributed by atoms with E-state index in [0.717, 1.165) is 156 Å². The molecule has 0 heterocycles. The number of rotatable bonds is 53. The van der Waals surface area contributed by atoms with Crippen LogP contribution in [0.15, 0.2) is 388 Å². The van der Waals surface area contributed by atoms with Gasteiger partial charge in [0.15, 0.2) is 0 Å². The molecule has 0 spiro atoms. The maximum atomic E-state index is 12.3. The van der Waals surface area contributed by atoms with Crippen LogP contribution in [0.1, 0.15) is 195 Å². The smallest absolute Gasteiger partial charge is 0.445 e. The van der Waals surface area contributed by atoms with Crippen LogP contribution < -0.4 is 81.9 Å². The highest BCUT2D eigenvalue weighted by atomic mass is 16.7. The molecular formula is C119H133B15O16. The summed E-state index contributed by atoms with van der Waals surface area (Å²) in [7, 11) is -19.5. The fourth-order valence-electron chi connectivity index (χ4n) is 19.1. The highest BCUT2D eigenvalue weighted by molar-refractivity contribution is 6.90. The van der Waals surface area contributed by atoms with Gasteiger partial charge in [-0.2, -0.15) is 0 Å². The highest BCUT2D eigenvalue weighted by Crippen LogP contribution is 2.33. The minimum absolute atomic E-state index is 0.0409. The van der Waals surface area contributed by atoms with Crippen molar-refractivity contribution in [2.24, 2.45) is 0 Å². The zero-order valence-electron chi connectivity index (χ0n) is 89.1. The topological polar surface area (TPSA) is 170 Å². The zero-order valence-corrected chi connectivity index (χ0v) is 89.1. The Balaban J connectivity index is 0.825. The van der Waals surface area contributed by atoms with Crippen LogP contribution >= 0.6 is 0 Å². The molecule has 0 atom stereocenters. The molecule has 0 aliphatic heterocycles. The fourth-order valence-corrected chi connectivity index (χ4v) is 19.1. The third kappa shape index (κ3) is 30.4. The van der Waals surface area contributed by atoms with Gasteiger partial charge >= 0.3 is 107 Å². The van der Waals surface area contributed by atoms with E-state index < -0.39 is 112 Å². The average Bonchev–Trinajstić information content (AvgIpc) is 0.794. The average molecular weight is 1980 g/mol. The van der Waals surface area contributed by atoms with Crippen LogP contribution in [0.4, 0.5) is 0 Å². The molecule has 0 bridgehead atoms. The molecule has 750 valence electrons. The molecule has 0 radical (unpaired) electrons. The molecule has 0 unspecified atom stereocenters. The second-order valence-corrected chi connectivity index (χ2v) is 39.9. The van der Waals surface area contributed by atoms with Crippen LogP contribution in [0.3, 0.4) is 0 Å². The van der Waals surface area contributed by atoms with E-state index in [2.05, 4.69) is 248 Å².